The van der Waals surface area contributed by atoms with Gasteiger partial charge in [-0.3, -0.25) is 0 Å². The molecule has 0 saturated heterocycles. The average molecular weight is 272 g/mol. The molecular weight excluding hydrogens is 254 g/mol. The number of thiocarbonyl (C=S) groups is 1. The van der Waals surface area contributed by atoms with Crippen molar-refractivity contribution in [1.29, 1.82) is 0 Å². The summed E-state index contributed by atoms with van der Waals surface area (Å²) in [5.74, 6) is 0. The first-order valence-electron chi connectivity index (χ1n) is 5.56. The van der Waals surface area contributed by atoms with Crippen LogP contribution in [0.4, 0.5) is 5.69 Å². The Morgan fingerprint density at radius 2 is 2.24 bits per heavy atom. The molecule has 1 aromatic carbocycles. The van der Waals surface area contributed by atoms with Crippen LogP contribution in [-0.4, -0.2) is 36.6 Å². The molecule has 0 atom stereocenters. The summed E-state index contributed by atoms with van der Waals surface area (Å²) in [6.45, 7) is 5.05. The highest BCUT2D eigenvalue weighted by Gasteiger charge is 2.04. The lowest BCUT2D eigenvalue weighted by Crippen LogP contribution is -2.24. The van der Waals surface area contributed by atoms with E-state index in [1.807, 2.05) is 18.2 Å². The first-order valence-corrected chi connectivity index (χ1v) is 6.35. The summed E-state index contributed by atoms with van der Waals surface area (Å²) >= 11 is 11.0. The molecule has 0 unspecified atom stereocenters. The fraction of sp³-hybridized carbons (Fsp3) is 0.417. The van der Waals surface area contributed by atoms with Crippen molar-refractivity contribution in [2.75, 3.05) is 32.0 Å². The maximum absolute atomic E-state index is 6.08. The van der Waals surface area contributed by atoms with Gasteiger partial charge in [-0.25, -0.2) is 0 Å². The third-order valence-electron chi connectivity index (χ3n) is 2.60. The fourth-order valence-corrected chi connectivity index (χ4v) is 1.89. The molecule has 0 bridgehead atoms. The molecule has 1 rings (SSSR count). The zero-order valence-corrected chi connectivity index (χ0v) is 11.7. The molecule has 17 heavy (non-hydrogen) atoms. The smallest absolute Gasteiger partial charge is 0.105 e. The van der Waals surface area contributed by atoms with Gasteiger partial charge in [0.25, 0.3) is 0 Å². The quantitative estimate of drug-likeness (QED) is 0.780. The molecule has 0 radical (unpaired) electrons. The van der Waals surface area contributed by atoms with Gasteiger partial charge in [-0.15, -0.1) is 0 Å². The molecule has 3 N–H and O–H groups in total. The second-order valence-corrected chi connectivity index (χ2v) is 4.73. The third-order valence-corrected chi connectivity index (χ3v) is 3.13. The van der Waals surface area contributed by atoms with E-state index in [9.17, 15) is 0 Å². The SMILES string of the molecule is CCN(C)CCNc1ccc(C(N)=S)c(Cl)c1. The summed E-state index contributed by atoms with van der Waals surface area (Å²) in [7, 11) is 2.09. The Morgan fingerprint density at radius 3 is 2.76 bits per heavy atom. The predicted molar refractivity (Wildman–Crippen MR) is 79.0 cm³/mol. The van der Waals surface area contributed by atoms with Crippen LogP contribution in [0.25, 0.3) is 0 Å². The van der Waals surface area contributed by atoms with Gasteiger partial charge >= 0.3 is 0 Å². The van der Waals surface area contributed by atoms with Gasteiger partial charge in [0.05, 0.1) is 5.02 Å². The number of benzene rings is 1. The summed E-state index contributed by atoms with van der Waals surface area (Å²) in [6.07, 6.45) is 0. The highest BCUT2D eigenvalue weighted by atomic mass is 35.5. The lowest BCUT2D eigenvalue weighted by atomic mass is 10.2. The van der Waals surface area contributed by atoms with Crippen LogP contribution >= 0.6 is 23.8 Å². The third kappa shape index (κ3) is 4.50. The Hall–Kier alpha value is -0.840. The van der Waals surface area contributed by atoms with Crippen molar-refractivity contribution in [3.05, 3.63) is 28.8 Å². The van der Waals surface area contributed by atoms with Gasteiger partial charge in [-0.05, 0) is 31.8 Å². The maximum atomic E-state index is 6.08. The minimum absolute atomic E-state index is 0.326. The van der Waals surface area contributed by atoms with Gasteiger partial charge < -0.3 is 16.0 Å². The maximum Gasteiger partial charge on any atom is 0.105 e. The monoisotopic (exact) mass is 271 g/mol. The molecule has 0 amide bonds. The normalized spacial score (nSPS) is 10.6. The highest BCUT2D eigenvalue weighted by Crippen LogP contribution is 2.20. The van der Waals surface area contributed by atoms with Crippen molar-refractivity contribution in [2.24, 2.45) is 5.73 Å². The molecule has 5 heteroatoms. The van der Waals surface area contributed by atoms with Crippen LogP contribution in [0.2, 0.25) is 5.02 Å². The van der Waals surface area contributed by atoms with Crippen LogP contribution < -0.4 is 11.1 Å². The van der Waals surface area contributed by atoms with Crippen LogP contribution in [0, 0.1) is 0 Å². The van der Waals surface area contributed by atoms with Crippen molar-refractivity contribution < 1.29 is 0 Å². The Morgan fingerprint density at radius 1 is 1.53 bits per heavy atom. The van der Waals surface area contributed by atoms with Gasteiger partial charge in [0, 0.05) is 24.3 Å². The molecule has 0 heterocycles. The topological polar surface area (TPSA) is 41.3 Å². The van der Waals surface area contributed by atoms with Gasteiger partial charge in [0.15, 0.2) is 0 Å². The Bertz CT molecular complexity index is 395. The van der Waals surface area contributed by atoms with Crippen LogP contribution in [0.1, 0.15) is 12.5 Å². The molecule has 0 aliphatic carbocycles. The zero-order chi connectivity index (χ0) is 12.8. The first-order chi connectivity index (χ1) is 8.04. The summed E-state index contributed by atoms with van der Waals surface area (Å²) in [5.41, 5.74) is 7.25. The molecule has 0 aliphatic rings. The van der Waals surface area contributed by atoms with Gasteiger partial charge in [-0.1, -0.05) is 30.7 Å². The Kier molecular flexibility index (Phi) is 5.68. The number of halogens is 1. The van der Waals surface area contributed by atoms with Crippen molar-refractivity contribution in [2.45, 2.75) is 6.92 Å². The minimum atomic E-state index is 0.326. The van der Waals surface area contributed by atoms with E-state index in [1.54, 1.807) is 0 Å². The summed E-state index contributed by atoms with van der Waals surface area (Å²) < 4.78 is 0. The summed E-state index contributed by atoms with van der Waals surface area (Å²) in [5, 5.41) is 3.90. The predicted octanol–water partition coefficient (Wildman–Crippen LogP) is 2.34. The molecule has 0 aliphatic heterocycles. The molecule has 1 aromatic rings. The number of nitrogens with zero attached hydrogens (tertiary/aromatic N) is 1. The Balaban J connectivity index is 2.56. The highest BCUT2D eigenvalue weighted by molar-refractivity contribution is 7.80. The van der Waals surface area contributed by atoms with Crippen LogP contribution in [0.3, 0.4) is 0 Å². The zero-order valence-electron chi connectivity index (χ0n) is 10.2. The summed E-state index contributed by atoms with van der Waals surface area (Å²) in [4.78, 5) is 2.56. The lowest BCUT2D eigenvalue weighted by molar-refractivity contribution is 0.367. The van der Waals surface area contributed by atoms with E-state index in [4.69, 9.17) is 29.6 Å². The van der Waals surface area contributed by atoms with E-state index >= 15 is 0 Å². The number of likely N-dealkylation sites (N-methyl/N-ethyl adjacent to an activating group) is 1. The second-order valence-electron chi connectivity index (χ2n) is 3.88. The first kappa shape index (κ1) is 14.2. The van der Waals surface area contributed by atoms with E-state index in [0.29, 0.717) is 10.0 Å². The summed E-state index contributed by atoms with van der Waals surface area (Å²) in [6, 6.07) is 5.63. The van der Waals surface area contributed by atoms with Gasteiger partial charge in [0.2, 0.25) is 0 Å². The second kappa shape index (κ2) is 6.79. The molecule has 0 aromatic heterocycles. The van der Waals surface area contributed by atoms with Crippen LogP contribution in [0.15, 0.2) is 18.2 Å². The van der Waals surface area contributed by atoms with E-state index < -0.39 is 0 Å². The number of nitrogens with one attached hydrogen (secondary N) is 1. The molecule has 94 valence electrons. The molecule has 0 saturated carbocycles. The molecule has 3 nitrogen and oxygen atoms in total. The minimum Gasteiger partial charge on any atom is -0.389 e. The largest absolute Gasteiger partial charge is 0.389 e. The standard InChI is InChI=1S/C12H18ClN3S/c1-3-16(2)7-6-15-9-4-5-10(12(14)17)11(13)8-9/h4-5,8,15H,3,6-7H2,1-2H3,(H2,14,17). The molecule has 0 spiro atoms. The Labute approximate surface area is 113 Å². The van der Waals surface area contributed by atoms with E-state index in [-0.39, 0.29) is 0 Å². The van der Waals surface area contributed by atoms with Crippen molar-refractivity contribution in [3.63, 3.8) is 0 Å². The molecular formula is C12H18ClN3S. The van der Waals surface area contributed by atoms with Crippen LogP contribution in [-0.2, 0) is 0 Å². The van der Waals surface area contributed by atoms with E-state index in [1.165, 1.54) is 0 Å². The van der Waals surface area contributed by atoms with E-state index in [2.05, 4.69) is 24.2 Å². The van der Waals surface area contributed by atoms with Crippen molar-refractivity contribution >= 4 is 34.5 Å². The molecule has 0 fully saturated rings. The number of nitrogens with two attached hydrogens (primary N) is 1. The van der Waals surface area contributed by atoms with Crippen molar-refractivity contribution in [3.8, 4) is 0 Å². The number of hydrogen-bond acceptors (Lipinski definition) is 3. The lowest BCUT2D eigenvalue weighted by Gasteiger charge is -2.15. The number of hydrogen-bond donors (Lipinski definition) is 2. The number of anilines is 1. The van der Waals surface area contributed by atoms with Crippen LogP contribution in [0.5, 0.6) is 0 Å². The average Bonchev–Trinajstić information content (AvgIpc) is 2.28. The number of rotatable bonds is 6. The van der Waals surface area contributed by atoms with Gasteiger partial charge in [-0.2, -0.15) is 0 Å². The fourth-order valence-electron chi connectivity index (χ4n) is 1.37. The van der Waals surface area contributed by atoms with Crippen molar-refractivity contribution in [1.82, 2.24) is 4.90 Å². The van der Waals surface area contributed by atoms with E-state index in [0.717, 1.165) is 30.9 Å². The van der Waals surface area contributed by atoms with Gasteiger partial charge in [0.1, 0.15) is 4.99 Å².